The molecule has 0 spiro atoms. The predicted octanol–water partition coefficient (Wildman–Crippen LogP) is 2.84. The minimum absolute atomic E-state index is 0.105. The molecule has 0 aromatic carbocycles. The molecule has 16 heavy (non-hydrogen) atoms. The fourth-order valence-corrected chi connectivity index (χ4v) is 1.63. The van der Waals surface area contributed by atoms with E-state index in [-0.39, 0.29) is 5.97 Å². The van der Waals surface area contributed by atoms with E-state index in [1.807, 2.05) is 6.92 Å². The van der Waals surface area contributed by atoms with Crippen LogP contribution in [0, 0.1) is 0 Å². The molecule has 3 heteroatoms. The molecule has 0 bridgehead atoms. The van der Waals surface area contributed by atoms with E-state index in [1.54, 1.807) is 0 Å². The van der Waals surface area contributed by atoms with Crippen molar-refractivity contribution in [3.63, 3.8) is 0 Å². The molecule has 3 nitrogen and oxygen atoms in total. The molecule has 0 fully saturated rings. The topological polar surface area (TPSA) is 29.5 Å². The lowest BCUT2D eigenvalue weighted by molar-refractivity contribution is -0.144. The zero-order valence-corrected chi connectivity index (χ0v) is 11.3. The smallest absolute Gasteiger partial charge is 0.320 e. The summed E-state index contributed by atoms with van der Waals surface area (Å²) in [6.45, 7) is 10.2. The normalized spacial score (nSPS) is 11.1. The molecule has 96 valence electrons. The van der Waals surface area contributed by atoms with Crippen molar-refractivity contribution in [2.24, 2.45) is 0 Å². The van der Waals surface area contributed by atoms with Gasteiger partial charge in [0.2, 0.25) is 0 Å². The van der Waals surface area contributed by atoms with Gasteiger partial charge in [0.15, 0.2) is 0 Å². The van der Waals surface area contributed by atoms with Crippen molar-refractivity contribution in [2.45, 2.75) is 59.4 Å². The van der Waals surface area contributed by atoms with Crippen LogP contribution in [0.25, 0.3) is 0 Å². The van der Waals surface area contributed by atoms with Gasteiger partial charge >= 0.3 is 5.97 Å². The summed E-state index contributed by atoms with van der Waals surface area (Å²) in [4.78, 5) is 13.6. The third-order valence-corrected chi connectivity index (χ3v) is 2.67. The second-order valence-electron chi connectivity index (χ2n) is 4.43. The monoisotopic (exact) mass is 229 g/mol. The van der Waals surface area contributed by atoms with Crippen LogP contribution in [0.1, 0.15) is 53.4 Å². The summed E-state index contributed by atoms with van der Waals surface area (Å²) >= 11 is 0. The van der Waals surface area contributed by atoms with Crippen LogP contribution in [-0.4, -0.2) is 36.6 Å². The van der Waals surface area contributed by atoms with Gasteiger partial charge in [0.05, 0.1) is 13.2 Å². The second-order valence-corrected chi connectivity index (χ2v) is 4.43. The SMILES string of the molecule is CCCCCCN(CC(=O)OCC)C(C)C. The lowest BCUT2D eigenvalue weighted by Crippen LogP contribution is -2.37. The first-order chi connectivity index (χ1) is 7.61. The number of hydrogen-bond acceptors (Lipinski definition) is 3. The first-order valence-electron chi connectivity index (χ1n) is 6.51. The van der Waals surface area contributed by atoms with Crippen molar-refractivity contribution in [3.05, 3.63) is 0 Å². The Hall–Kier alpha value is -0.570. The summed E-state index contributed by atoms with van der Waals surface area (Å²) in [6.07, 6.45) is 4.96. The molecule has 0 heterocycles. The maximum atomic E-state index is 11.4. The molecule has 0 atom stereocenters. The van der Waals surface area contributed by atoms with Crippen LogP contribution in [0.2, 0.25) is 0 Å². The summed E-state index contributed by atoms with van der Waals surface area (Å²) in [5.74, 6) is -0.105. The fraction of sp³-hybridized carbons (Fsp3) is 0.923. The van der Waals surface area contributed by atoms with Crippen LogP contribution in [0.4, 0.5) is 0 Å². The van der Waals surface area contributed by atoms with Gasteiger partial charge in [0.25, 0.3) is 0 Å². The number of esters is 1. The van der Waals surface area contributed by atoms with Crippen molar-refractivity contribution < 1.29 is 9.53 Å². The Labute approximate surface area is 100 Å². The fourth-order valence-electron chi connectivity index (χ4n) is 1.63. The molecule has 0 aliphatic heterocycles. The highest BCUT2D eigenvalue weighted by Gasteiger charge is 2.13. The first-order valence-corrected chi connectivity index (χ1v) is 6.51. The molecular formula is C13H27NO2. The Kier molecular flexibility index (Phi) is 9.30. The molecule has 0 aliphatic carbocycles. The van der Waals surface area contributed by atoms with Crippen molar-refractivity contribution >= 4 is 5.97 Å². The molecule has 0 saturated heterocycles. The number of carbonyl (C=O) groups is 1. The average molecular weight is 229 g/mol. The van der Waals surface area contributed by atoms with E-state index in [0.717, 1.165) is 6.54 Å². The van der Waals surface area contributed by atoms with Crippen molar-refractivity contribution in [1.29, 1.82) is 0 Å². The first kappa shape index (κ1) is 15.4. The van der Waals surface area contributed by atoms with Crippen molar-refractivity contribution in [3.8, 4) is 0 Å². The highest BCUT2D eigenvalue weighted by molar-refractivity contribution is 5.71. The van der Waals surface area contributed by atoms with E-state index in [2.05, 4.69) is 25.7 Å². The number of ether oxygens (including phenoxy) is 1. The van der Waals surface area contributed by atoms with Gasteiger partial charge in [-0.2, -0.15) is 0 Å². The van der Waals surface area contributed by atoms with Crippen molar-refractivity contribution in [2.75, 3.05) is 19.7 Å². The molecule has 0 N–H and O–H groups in total. The van der Waals surface area contributed by atoms with E-state index in [1.165, 1.54) is 25.7 Å². The number of hydrogen-bond donors (Lipinski definition) is 0. The largest absolute Gasteiger partial charge is 0.465 e. The minimum atomic E-state index is -0.105. The quantitative estimate of drug-likeness (QED) is 0.450. The Morgan fingerprint density at radius 3 is 2.38 bits per heavy atom. The lowest BCUT2D eigenvalue weighted by atomic mass is 10.2. The van der Waals surface area contributed by atoms with Gasteiger partial charge in [-0.25, -0.2) is 0 Å². The van der Waals surface area contributed by atoms with Gasteiger partial charge in [-0.05, 0) is 33.7 Å². The standard InChI is InChI=1S/C13H27NO2/c1-5-7-8-9-10-14(12(3)4)11-13(15)16-6-2/h12H,5-11H2,1-4H3. The van der Waals surface area contributed by atoms with Gasteiger partial charge in [0, 0.05) is 6.04 Å². The van der Waals surface area contributed by atoms with Crippen LogP contribution in [0.3, 0.4) is 0 Å². The summed E-state index contributed by atoms with van der Waals surface area (Å²) < 4.78 is 4.97. The molecule has 0 aromatic rings. The highest BCUT2D eigenvalue weighted by Crippen LogP contribution is 2.05. The summed E-state index contributed by atoms with van der Waals surface area (Å²) in [5.41, 5.74) is 0. The van der Waals surface area contributed by atoms with Crippen LogP contribution in [0.5, 0.6) is 0 Å². The summed E-state index contributed by atoms with van der Waals surface area (Å²) in [7, 11) is 0. The lowest BCUT2D eigenvalue weighted by Gasteiger charge is -2.25. The van der Waals surface area contributed by atoms with Gasteiger partial charge < -0.3 is 4.74 Å². The Bertz CT molecular complexity index is 181. The zero-order valence-electron chi connectivity index (χ0n) is 11.3. The third kappa shape index (κ3) is 7.69. The summed E-state index contributed by atoms with van der Waals surface area (Å²) in [6, 6.07) is 0.408. The van der Waals surface area contributed by atoms with Gasteiger partial charge in [-0.15, -0.1) is 0 Å². The van der Waals surface area contributed by atoms with E-state index in [9.17, 15) is 4.79 Å². The molecule has 0 saturated carbocycles. The zero-order chi connectivity index (χ0) is 12.4. The Balaban J connectivity index is 3.83. The van der Waals surface area contributed by atoms with Gasteiger partial charge in [-0.1, -0.05) is 26.2 Å². The van der Waals surface area contributed by atoms with E-state index in [4.69, 9.17) is 4.74 Å². The van der Waals surface area contributed by atoms with Crippen molar-refractivity contribution in [1.82, 2.24) is 4.90 Å². The number of unbranched alkanes of at least 4 members (excludes halogenated alkanes) is 3. The molecule has 0 unspecified atom stereocenters. The maximum absolute atomic E-state index is 11.4. The van der Waals surface area contributed by atoms with E-state index in [0.29, 0.717) is 19.2 Å². The predicted molar refractivity (Wildman–Crippen MR) is 67.5 cm³/mol. The van der Waals surface area contributed by atoms with E-state index >= 15 is 0 Å². The Morgan fingerprint density at radius 2 is 1.88 bits per heavy atom. The average Bonchev–Trinajstić information content (AvgIpc) is 2.22. The summed E-state index contributed by atoms with van der Waals surface area (Å²) in [5, 5.41) is 0. The highest BCUT2D eigenvalue weighted by atomic mass is 16.5. The van der Waals surface area contributed by atoms with Crippen LogP contribution < -0.4 is 0 Å². The molecule has 0 aromatic heterocycles. The van der Waals surface area contributed by atoms with Crippen LogP contribution in [0.15, 0.2) is 0 Å². The number of nitrogens with zero attached hydrogens (tertiary/aromatic N) is 1. The number of carbonyl (C=O) groups excluding carboxylic acids is 1. The molecular weight excluding hydrogens is 202 g/mol. The molecule has 0 radical (unpaired) electrons. The van der Waals surface area contributed by atoms with Crippen LogP contribution in [-0.2, 0) is 9.53 Å². The molecule has 0 amide bonds. The number of rotatable bonds is 9. The van der Waals surface area contributed by atoms with Gasteiger partial charge in [-0.3, -0.25) is 9.69 Å². The van der Waals surface area contributed by atoms with E-state index < -0.39 is 0 Å². The van der Waals surface area contributed by atoms with Gasteiger partial charge in [0.1, 0.15) is 0 Å². The Morgan fingerprint density at radius 1 is 1.19 bits per heavy atom. The second kappa shape index (κ2) is 9.64. The maximum Gasteiger partial charge on any atom is 0.320 e. The molecule has 0 rings (SSSR count). The third-order valence-electron chi connectivity index (χ3n) is 2.67. The van der Waals surface area contributed by atoms with Crippen LogP contribution >= 0.6 is 0 Å². The molecule has 0 aliphatic rings. The minimum Gasteiger partial charge on any atom is -0.465 e.